The van der Waals surface area contributed by atoms with E-state index in [4.69, 9.17) is 23.7 Å². The predicted molar refractivity (Wildman–Crippen MR) is 193 cm³/mol. The Morgan fingerprint density at radius 2 is 1.64 bits per heavy atom. The van der Waals surface area contributed by atoms with Gasteiger partial charge in [-0.15, -0.1) is 0 Å². The Kier molecular flexibility index (Phi) is 12.6. The summed E-state index contributed by atoms with van der Waals surface area (Å²) in [5.74, 6) is -5.25. The average molecular weight is 784 g/mol. The summed E-state index contributed by atoms with van der Waals surface area (Å²) in [4.78, 5) is 66.3. The molecule has 2 aliphatic carbocycles. The molecule has 5 rings (SSSR count). The number of Topliss-reactive ketones (excluding diaryl/α,β-unsaturated/α-hetero) is 1. The molecule has 16 nitrogen and oxygen atoms in total. The van der Waals surface area contributed by atoms with Crippen molar-refractivity contribution in [1.29, 1.82) is 0 Å². The summed E-state index contributed by atoms with van der Waals surface area (Å²) in [6.45, 7) is 6.60. The summed E-state index contributed by atoms with van der Waals surface area (Å²) < 4.78 is 29.0. The number of benzene rings is 2. The van der Waals surface area contributed by atoms with Crippen LogP contribution in [0.4, 0.5) is 0 Å². The molecule has 1 heterocycles. The lowest BCUT2D eigenvalue weighted by molar-refractivity contribution is -0.472. The first-order valence-electron chi connectivity index (χ1n) is 18.2. The van der Waals surface area contributed by atoms with Gasteiger partial charge in [0.15, 0.2) is 5.78 Å². The van der Waals surface area contributed by atoms with Crippen molar-refractivity contribution in [2.24, 2.45) is 16.7 Å². The minimum absolute atomic E-state index is 0.0819. The van der Waals surface area contributed by atoms with Gasteiger partial charge in [-0.3, -0.25) is 19.1 Å². The van der Waals surface area contributed by atoms with E-state index >= 15 is 0 Å². The summed E-state index contributed by atoms with van der Waals surface area (Å²) in [6, 6.07) is 16.4. The average Bonchev–Trinajstić information content (AvgIpc) is 3.25. The predicted octanol–water partition coefficient (Wildman–Crippen LogP) is 0.850. The molecule has 1 saturated carbocycles. The number of carbonyl (C=O) groups excluding carboxylic acids is 5. The van der Waals surface area contributed by atoms with E-state index < -0.39 is 102 Å². The van der Waals surface area contributed by atoms with Crippen LogP contribution in [0.2, 0.25) is 0 Å². The summed E-state index contributed by atoms with van der Waals surface area (Å²) in [7, 11) is 0. The minimum atomic E-state index is -3.74. The number of amides is 1. The second-order valence-corrected chi connectivity index (χ2v) is 15.4. The molecule has 304 valence electrons. The lowest BCUT2D eigenvalue weighted by Gasteiger charge is -2.59. The van der Waals surface area contributed by atoms with Gasteiger partial charge >= 0.3 is 24.1 Å². The topological polar surface area (TPSA) is 245 Å². The molecule has 0 unspecified atom stereocenters. The molecule has 0 spiro atoms. The van der Waals surface area contributed by atoms with Crippen molar-refractivity contribution in [3.05, 3.63) is 82.9 Å². The van der Waals surface area contributed by atoms with Crippen LogP contribution in [0.25, 0.3) is 0 Å². The third kappa shape index (κ3) is 8.41. The monoisotopic (exact) mass is 783 g/mol. The summed E-state index contributed by atoms with van der Waals surface area (Å²) >= 11 is 0. The molecule has 1 saturated heterocycles. The van der Waals surface area contributed by atoms with Gasteiger partial charge in [-0.2, -0.15) is 0 Å². The smallest absolute Gasteiger partial charge is 0.405 e. The number of nitrogens with one attached hydrogen (secondary N) is 1. The number of aliphatic hydroxyl groups excluding tert-OH is 1. The largest absolute Gasteiger partial charge is 0.455 e. The second kappa shape index (κ2) is 16.5. The van der Waals surface area contributed by atoms with Crippen LogP contribution < -0.4 is 5.32 Å². The number of ether oxygens (including phenoxy) is 5. The van der Waals surface area contributed by atoms with E-state index in [1.165, 1.54) is 26.0 Å². The number of hydrogen-bond donors (Lipinski definition) is 6. The van der Waals surface area contributed by atoms with E-state index in [2.05, 4.69) is 5.32 Å². The maximum Gasteiger partial charge on any atom is 0.405 e. The molecular weight excluding hydrogens is 734 g/mol. The van der Waals surface area contributed by atoms with E-state index in [-0.39, 0.29) is 42.6 Å². The SMILES string of the molecule is CC1=C2[C@@H](O)C(=O)[C@]3(C)[C@@H](OC(O)(O)O)C[C@H](C)OC[C@H]3[C@H](OC(=O)c3ccccc3)[C@](O)(C[C@@H]1OC(=O)[C@@H](Cc1ccccc1)OC(=O)CNC=O)C2(C)C. The van der Waals surface area contributed by atoms with Gasteiger partial charge in [0.25, 0.3) is 0 Å². The highest BCUT2D eigenvalue weighted by Crippen LogP contribution is 2.59. The fourth-order valence-electron chi connectivity index (χ4n) is 8.39. The van der Waals surface area contributed by atoms with Crippen molar-refractivity contribution in [2.45, 2.75) is 102 Å². The zero-order valence-electron chi connectivity index (χ0n) is 31.7. The Balaban J connectivity index is 1.66. The third-order valence-electron chi connectivity index (χ3n) is 11.5. The Morgan fingerprint density at radius 1 is 1.02 bits per heavy atom. The van der Waals surface area contributed by atoms with Crippen molar-refractivity contribution in [3.63, 3.8) is 0 Å². The standard InChI is InChI=1S/C40H49NO15/c1-22-16-29(56-40(49,50)51)38(5)26(20-52-22)34(55-35(46)25-14-10-7-11-15-25)39(48)18-28(23(2)31(37(39,3)4)32(44)33(38)45)54-36(47)27(53-30(43)19-41-21-42)17-24-12-8-6-9-13-24/h6-15,21-22,26-29,32,34,44,48-51H,16-20H2,1-5H3,(H,41,42)/t22-,26-,27+,28-,29-,32+,34-,38-,39+/m0/s1. The molecular formula is C40H49NO15. The Labute approximate surface area is 323 Å². The molecule has 2 bridgehead atoms. The van der Waals surface area contributed by atoms with Crippen LogP contribution in [-0.2, 0) is 49.3 Å². The molecule has 16 heteroatoms. The third-order valence-corrected chi connectivity index (χ3v) is 11.5. The molecule has 6 N–H and O–H groups in total. The number of fused-ring (bicyclic) bond motifs is 3. The lowest BCUT2D eigenvalue weighted by atomic mass is 9.50. The Hall–Kier alpha value is -4.55. The number of hydrogen-bond acceptors (Lipinski definition) is 15. The van der Waals surface area contributed by atoms with Crippen LogP contribution in [0, 0.1) is 16.7 Å². The van der Waals surface area contributed by atoms with E-state index in [9.17, 15) is 49.5 Å². The number of aliphatic hydroxyl groups is 5. The first-order valence-corrected chi connectivity index (χ1v) is 18.2. The van der Waals surface area contributed by atoms with Crippen molar-refractivity contribution < 1.29 is 73.2 Å². The molecule has 9 atom stereocenters. The minimum Gasteiger partial charge on any atom is -0.455 e. The summed E-state index contributed by atoms with van der Waals surface area (Å²) in [6.07, 6.45) is -13.3. The molecule has 2 aromatic carbocycles. The van der Waals surface area contributed by atoms with Gasteiger partial charge in [-0.05, 0) is 49.6 Å². The second-order valence-electron chi connectivity index (χ2n) is 15.4. The molecule has 1 aliphatic heterocycles. The van der Waals surface area contributed by atoms with E-state index in [0.717, 1.165) is 0 Å². The highest BCUT2D eigenvalue weighted by molar-refractivity contribution is 5.93. The summed E-state index contributed by atoms with van der Waals surface area (Å²) in [5, 5.41) is 57.6. The van der Waals surface area contributed by atoms with Crippen LogP contribution in [0.5, 0.6) is 0 Å². The highest BCUT2D eigenvalue weighted by atomic mass is 16.9. The maximum atomic E-state index is 14.9. The Bertz CT molecular complexity index is 1810. The fraction of sp³-hybridized carbons (Fsp3) is 0.525. The lowest BCUT2D eigenvalue weighted by Crippen LogP contribution is -2.71. The number of carbonyl (C=O) groups is 5. The van der Waals surface area contributed by atoms with Gasteiger partial charge in [0.1, 0.15) is 30.5 Å². The van der Waals surface area contributed by atoms with Crippen molar-refractivity contribution in [1.82, 2.24) is 5.32 Å². The van der Waals surface area contributed by atoms with Gasteiger partial charge in [-0.1, -0.05) is 62.4 Å². The number of rotatable bonds is 12. The van der Waals surface area contributed by atoms with E-state index in [1.54, 1.807) is 69.3 Å². The van der Waals surface area contributed by atoms with Crippen molar-refractivity contribution in [2.75, 3.05) is 13.2 Å². The number of esters is 3. The fourth-order valence-corrected chi connectivity index (χ4v) is 8.39. The zero-order chi connectivity index (χ0) is 41.2. The van der Waals surface area contributed by atoms with Crippen LogP contribution >= 0.6 is 0 Å². The maximum absolute atomic E-state index is 14.9. The Morgan fingerprint density at radius 3 is 2.25 bits per heavy atom. The molecule has 0 radical (unpaired) electrons. The van der Waals surface area contributed by atoms with Crippen molar-refractivity contribution >= 4 is 30.1 Å². The molecule has 0 aromatic heterocycles. The first kappa shape index (κ1) is 42.6. The van der Waals surface area contributed by atoms with Gasteiger partial charge in [0.2, 0.25) is 12.5 Å². The van der Waals surface area contributed by atoms with Crippen LogP contribution in [-0.4, -0.2) is 117 Å². The van der Waals surface area contributed by atoms with Gasteiger partial charge < -0.3 is 49.8 Å². The van der Waals surface area contributed by atoms with Crippen LogP contribution in [0.15, 0.2) is 71.8 Å². The molecule has 56 heavy (non-hydrogen) atoms. The molecule has 1 amide bonds. The summed E-state index contributed by atoms with van der Waals surface area (Å²) in [5.41, 5.74) is -5.18. The highest BCUT2D eigenvalue weighted by Gasteiger charge is 2.69. The number of ketones is 1. The van der Waals surface area contributed by atoms with Gasteiger partial charge in [-0.25, -0.2) is 9.59 Å². The normalized spacial score (nSPS) is 30.7. The van der Waals surface area contributed by atoms with Gasteiger partial charge in [0, 0.05) is 30.6 Å². The van der Waals surface area contributed by atoms with Crippen LogP contribution in [0.3, 0.4) is 0 Å². The molecule has 2 fully saturated rings. The first-order chi connectivity index (χ1) is 26.2. The molecule has 2 aromatic rings. The van der Waals surface area contributed by atoms with E-state index in [1.807, 2.05) is 0 Å². The van der Waals surface area contributed by atoms with E-state index in [0.29, 0.717) is 5.56 Å². The van der Waals surface area contributed by atoms with Crippen LogP contribution in [0.1, 0.15) is 63.4 Å². The van der Waals surface area contributed by atoms with Gasteiger partial charge in [0.05, 0.1) is 29.8 Å². The van der Waals surface area contributed by atoms with Crippen molar-refractivity contribution in [3.8, 4) is 0 Å². The zero-order valence-corrected chi connectivity index (χ0v) is 31.7. The molecule has 3 aliphatic rings. The quantitative estimate of drug-likeness (QED) is 0.0575.